The highest BCUT2D eigenvalue weighted by Crippen LogP contribution is 2.10. The zero-order chi connectivity index (χ0) is 18.9. The van der Waals surface area contributed by atoms with Crippen LogP contribution in [0.3, 0.4) is 0 Å². The number of hydrogen-bond acceptors (Lipinski definition) is 9. The van der Waals surface area contributed by atoms with Crippen LogP contribution >= 0.6 is 0 Å². The molecular weight excluding hydrogens is 332 g/mol. The van der Waals surface area contributed by atoms with Gasteiger partial charge in [-0.15, -0.1) is 0 Å². The summed E-state index contributed by atoms with van der Waals surface area (Å²) in [5, 5.41) is 18.5. The van der Waals surface area contributed by atoms with Crippen LogP contribution < -0.4 is 27.4 Å². The van der Waals surface area contributed by atoms with Gasteiger partial charge in [-0.2, -0.15) is 15.0 Å². The highest BCUT2D eigenvalue weighted by molar-refractivity contribution is 5.42. The lowest BCUT2D eigenvalue weighted by Crippen LogP contribution is -2.15. The molecule has 0 saturated heterocycles. The fraction of sp³-hybridized carbons (Fsp3) is 0.824. The average Bonchev–Trinajstić information content (AvgIpc) is 2.65. The number of unbranched alkanes of at least 4 members (excludes halogenated alkanes) is 6. The lowest BCUT2D eigenvalue weighted by atomic mass is 10.2. The number of hydrogen-bond donors (Lipinski definition) is 6. The van der Waals surface area contributed by atoms with E-state index in [4.69, 9.17) is 16.6 Å². The average molecular weight is 369 g/mol. The lowest BCUT2D eigenvalue weighted by molar-refractivity contribution is 0.311. The number of nitrogens with zero attached hydrogens (tertiary/aromatic N) is 3. The Labute approximate surface area is 156 Å². The maximum atomic E-state index is 8.97. The van der Waals surface area contributed by atoms with Crippen LogP contribution in [0.4, 0.5) is 17.8 Å². The van der Waals surface area contributed by atoms with Crippen molar-refractivity contribution in [2.45, 2.75) is 51.4 Å². The molecule has 9 heteroatoms. The van der Waals surface area contributed by atoms with Gasteiger partial charge in [0.15, 0.2) is 0 Å². The molecule has 26 heavy (non-hydrogen) atoms. The second-order valence-corrected chi connectivity index (χ2v) is 6.22. The van der Waals surface area contributed by atoms with E-state index in [1.54, 1.807) is 0 Å². The van der Waals surface area contributed by atoms with Crippen LogP contribution in [0.15, 0.2) is 0 Å². The molecule has 0 saturated carbocycles. The Balaban J connectivity index is 2.45. The van der Waals surface area contributed by atoms with Crippen molar-refractivity contribution >= 4 is 17.8 Å². The number of aliphatic hydroxyl groups excluding tert-OH is 1. The van der Waals surface area contributed by atoms with Crippen molar-refractivity contribution < 1.29 is 5.11 Å². The van der Waals surface area contributed by atoms with Crippen molar-refractivity contribution in [1.82, 2.24) is 15.0 Å². The van der Waals surface area contributed by atoms with Gasteiger partial charge >= 0.3 is 0 Å². The Morgan fingerprint density at radius 2 is 0.962 bits per heavy atom. The third kappa shape index (κ3) is 11.0. The zero-order valence-electron chi connectivity index (χ0n) is 15.8. The summed E-state index contributed by atoms with van der Waals surface area (Å²) in [6.45, 7) is 3.56. The molecule has 1 rings (SSSR count). The van der Waals surface area contributed by atoms with Crippen LogP contribution in [0.25, 0.3) is 0 Å². The molecule has 0 spiro atoms. The number of aromatic nitrogens is 3. The molecule has 150 valence electrons. The van der Waals surface area contributed by atoms with Gasteiger partial charge in [0, 0.05) is 19.6 Å². The van der Waals surface area contributed by atoms with Gasteiger partial charge < -0.3 is 32.5 Å². The molecular formula is C17H36N8O. The van der Waals surface area contributed by atoms with E-state index in [0.717, 1.165) is 77.5 Å². The Kier molecular flexibility index (Phi) is 13.3. The second-order valence-electron chi connectivity index (χ2n) is 6.22. The van der Waals surface area contributed by atoms with Crippen molar-refractivity contribution in [3.8, 4) is 0 Å². The minimum absolute atomic E-state index is 0.0273. The molecule has 0 atom stereocenters. The van der Waals surface area contributed by atoms with Crippen molar-refractivity contribution in [2.24, 2.45) is 11.5 Å². The normalized spacial score (nSPS) is 10.7. The molecule has 0 aliphatic heterocycles. The SMILES string of the molecule is NCCCCCCNc1nc(NCCO)nc(NCCCCCCN)n1. The van der Waals surface area contributed by atoms with Crippen molar-refractivity contribution in [1.29, 1.82) is 0 Å². The fourth-order valence-corrected chi connectivity index (χ4v) is 2.43. The van der Waals surface area contributed by atoms with E-state index in [1.807, 2.05) is 0 Å². The molecule has 9 nitrogen and oxygen atoms in total. The summed E-state index contributed by atoms with van der Waals surface area (Å²) in [7, 11) is 0. The van der Waals surface area contributed by atoms with E-state index in [0.29, 0.717) is 24.4 Å². The molecule has 0 aliphatic rings. The van der Waals surface area contributed by atoms with Gasteiger partial charge in [0.05, 0.1) is 6.61 Å². The van der Waals surface area contributed by atoms with E-state index < -0.39 is 0 Å². The van der Waals surface area contributed by atoms with Gasteiger partial charge in [0.2, 0.25) is 17.8 Å². The molecule has 0 aromatic carbocycles. The predicted octanol–water partition coefficient (Wildman–Crippen LogP) is 1.14. The molecule has 0 amide bonds. The van der Waals surface area contributed by atoms with Gasteiger partial charge in [-0.05, 0) is 38.8 Å². The first-order valence-electron chi connectivity index (χ1n) is 9.79. The third-order valence-electron chi connectivity index (χ3n) is 3.86. The molecule has 8 N–H and O–H groups in total. The number of anilines is 3. The van der Waals surface area contributed by atoms with Crippen LogP contribution in [-0.4, -0.2) is 59.4 Å². The van der Waals surface area contributed by atoms with Crippen LogP contribution in [-0.2, 0) is 0 Å². The van der Waals surface area contributed by atoms with E-state index in [-0.39, 0.29) is 6.61 Å². The van der Waals surface area contributed by atoms with E-state index in [1.165, 1.54) is 0 Å². The number of aliphatic hydroxyl groups is 1. The van der Waals surface area contributed by atoms with Gasteiger partial charge in [0.1, 0.15) is 0 Å². The Morgan fingerprint density at radius 3 is 1.35 bits per heavy atom. The molecule has 0 fully saturated rings. The molecule has 0 radical (unpaired) electrons. The molecule has 0 bridgehead atoms. The van der Waals surface area contributed by atoms with Gasteiger partial charge in [-0.25, -0.2) is 0 Å². The van der Waals surface area contributed by atoms with Gasteiger partial charge in [0.25, 0.3) is 0 Å². The van der Waals surface area contributed by atoms with Crippen molar-refractivity contribution in [2.75, 3.05) is 55.3 Å². The summed E-state index contributed by atoms with van der Waals surface area (Å²) >= 11 is 0. The molecule has 0 aliphatic carbocycles. The summed E-state index contributed by atoms with van der Waals surface area (Å²) < 4.78 is 0. The monoisotopic (exact) mass is 368 g/mol. The Morgan fingerprint density at radius 1 is 0.577 bits per heavy atom. The minimum atomic E-state index is 0.0273. The minimum Gasteiger partial charge on any atom is -0.395 e. The maximum absolute atomic E-state index is 8.97. The van der Waals surface area contributed by atoms with Crippen molar-refractivity contribution in [3.05, 3.63) is 0 Å². The molecule has 0 unspecified atom stereocenters. The fourth-order valence-electron chi connectivity index (χ4n) is 2.43. The number of nitrogens with one attached hydrogen (secondary N) is 3. The first kappa shape index (κ1) is 22.3. The van der Waals surface area contributed by atoms with E-state index in [2.05, 4.69) is 30.9 Å². The van der Waals surface area contributed by atoms with Gasteiger partial charge in [-0.1, -0.05) is 25.7 Å². The van der Waals surface area contributed by atoms with Crippen molar-refractivity contribution in [3.63, 3.8) is 0 Å². The summed E-state index contributed by atoms with van der Waals surface area (Å²) in [6.07, 6.45) is 8.81. The van der Waals surface area contributed by atoms with Crippen LogP contribution in [0.5, 0.6) is 0 Å². The highest BCUT2D eigenvalue weighted by atomic mass is 16.3. The predicted molar refractivity (Wildman–Crippen MR) is 107 cm³/mol. The Bertz CT molecular complexity index is 426. The van der Waals surface area contributed by atoms with E-state index >= 15 is 0 Å². The Hall–Kier alpha value is -1.71. The van der Waals surface area contributed by atoms with E-state index in [9.17, 15) is 0 Å². The first-order valence-corrected chi connectivity index (χ1v) is 9.79. The topological polar surface area (TPSA) is 147 Å². The summed E-state index contributed by atoms with van der Waals surface area (Å²) in [5.41, 5.74) is 11.0. The van der Waals surface area contributed by atoms with Crippen LogP contribution in [0, 0.1) is 0 Å². The highest BCUT2D eigenvalue weighted by Gasteiger charge is 2.06. The van der Waals surface area contributed by atoms with Gasteiger partial charge in [-0.3, -0.25) is 0 Å². The molecule has 1 aromatic rings. The van der Waals surface area contributed by atoms with Crippen LogP contribution in [0.2, 0.25) is 0 Å². The largest absolute Gasteiger partial charge is 0.395 e. The third-order valence-corrected chi connectivity index (χ3v) is 3.86. The number of rotatable bonds is 17. The smallest absolute Gasteiger partial charge is 0.229 e. The molecule has 1 aromatic heterocycles. The van der Waals surface area contributed by atoms with Crippen LogP contribution in [0.1, 0.15) is 51.4 Å². The lowest BCUT2D eigenvalue weighted by Gasteiger charge is -2.11. The zero-order valence-corrected chi connectivity index (χ0v) is 15.8. The molecule has 1 heterocycles. The maximum Gasteiger partial charge on any atom is 0.229 e. The number of nitrogens with two attached hydrogens (primary N) is 2. The summed E-state index contributed by atoms with van der Waals surface area (Å²) in [5.74, 6) is 1.56. The first-order chi connectivity index (χ1) is 12.8. The summed E-state index contributed by atoms with van der Waals surface area (Å²) in [6, 6.07) is 0. The summed E-state index contributed by atoms with van der Waals surface area (Å²) in [4.78, 5) is 13.1. The standard InChI is InChI=1S/C17H36N8O/c18-9-5-1-3-7-11-20-15-23-16(21-12-8-4-2-6-10-19)25-17(24-15)22-13-14-26/h26H,1-14,18-19H2,(H3,20,21,22,23,24,25). The quantitative estimate of drug-likeness (QED) is 0.223. The second kappa shape index (κ2) is 15.5.